The molecule has 1 N–H and O–H groups in total. The SMILES string of the molecule is CCC(NC(=O)c1ccc(OCc2c(C)noc2C)cc1)C(=O)OC. The van der Waals surface area contributed by atoms with Gasteiger partial charge in [-0.1, -0.05) is 12.1 Å². The second-order valence-electron chi connectivity index (χ2n) is 5.57. The smallest absolute Gasteiger partial charge is 0.328 e. The lowest BCUT2D eigenvalue weighted by Crippen LogP contribution is -2.40. The van der Waals surface area contributed by atoms with Crippen molar-refractivity contribution in [3.8, 4) is 5.75 Å². The molecule has 1 aromatic heterocycles. The molecule has 2 aromatic rings. The van der Waals surface area contributed by atoms with Crippen LogP contribution in [0.5, 0.6) is 5.75 Å². The molecule has 134 valence electrons. The Balaban J connectivity index is 1.97. The van der Waals surface area contributed by atoms with E-state index in [9.17, 15) is 9.59 Å². The largest absolute Gasteiger partial charge is 0.489 e. The third-order valence-corrected chi connectivity index (χ3v) is 3.88. The predicted octanol–water partition coefficient (Wildman–Crippen LogP) is 2.55. The number of rotatable bonds is 7. The van der Waals surface area contributed by atoms with Gasteiger partial charge >= 0.3 is 5.97 Å². The minimum Gasteiger partial charge on any atom is -0.489 e. The molecule has 2 rings (SSSR count). The molecule has 0 bridgehead atoms. The Labute approximate surface area is 146 Å². The molecule has 1 unspecified atom stereocenters. The van der Waals surface area contributed by atoms with Crippen molar-refractivity contribution in [1.82, 2.24) is 10.5 Å². The van der Waals surface area contributed by atoms with Gasteiger partial charge in [-0.15, -0.1) is 0 Å². The number of nitrogens with zero attached hydrogens (tertiary/aromatic N) is 1. The minimum atomic E-state index is -0.659. The highest BCUT2D eigenvalue weighted by molar-refractivity contribution is 5.96. The summed E-state index contributed by atoms with van der Waals surface area (Å²) in [7, 11) is 1.29. The normalized spacial score (nSPS) is 11.7. The van der Waals surface area contributed by atoms with E-state index in [1.54, 1.807) is 31.2 Å². The van der Waals surface area contributed by atoms with Crippen LogP contribution in [0.15, 0.2) is 28.8 Å². The summed E-state index contributed by atoms with van der Waals surface area (Å²) in [5.41, 5.74) is 2.14. The van der Waals surface area contributed by atoms with Gasteiger partial charge in [0.2, 0.25) is 0 Å². The lowest BCUT2D eigenvalue weighted by Gasteiger charge is -2.14. The third kappa shape index (κ3) is 4.59. The maximum Gasteiger partial charge on any atom is 0.328 e. The second kappa shape index (κ2) is 8.32. The van der Waals surface area contributed by atoms with Gasteiger partial charge in [-0.3, -0.25) is 4.79 Å². The predicted molar refractivity (Wildman–Crippen MR) is 90.3 cm³/mol. The van der Waals surface area contributed by atoms with Crippen LogP contribution < -0.4 is 10.1 Å². The summed E-state index contributed by atoms with van der Waals surface area (Å²) in [6, 6.07) is 6.02. The van der Waals surface area contributed by atoms with Crippen molar-refractivity contribution in [3.63, 3.8) is 0 Å². The number of nitrogens with one attached hydrogen (secondary N) is 1. The lowest BCUT2D eigenvalue weighted by atomic mass is 10.1. The molecule has 1 heterocycles. The lowest BCUT2D eigenvalue weighted by molar-refractivity contribution is -0.142. The molecule has 0 radical (unpaired) electrons. The number of methoxy groups -OCH3 is 1. The van der Waals surface area contributed by atoms with Gasteiger partial charge in [0.25, 0.3) is 5.91 Å². The number of hydrogen-bond donors (Lipinski definition) is 1. The highest BCUT2D eigenvalue weighted by atomic mass is 16.5. The van der Waals surface area contributed by atoms with E-state index in [0.29, 0.717) is 24.3 Å². The first-order valence-corrected chi connectivity index (χ1v) is 7.99. The molecule has 0 aliphatic carbocycles. The monoisotopic (exact) mass is 346 g/mol. The quantitative estimate of drug-likeness (QED) is 0.775. The zero-order chi connectivity index (χ0) is 18.4. The number of carbonyl (C=O) groups is 2. The van der Waals surface area contributed by atoms with E-state index in [1.807, 2.05) is 13.8 Å². The molecule has 25 heavy (non-hydrogen) atoms. The van der Waals surface area contributed by atoms with Gasteiger partial charge < -0.3 is 19.3 Å². The average molecular weight is 346 g/mol. The van der Waals surface area contributed by atoms with Gasteiger partial charge in [0.1, 0.15) is 24.2 Å². The van der Waals surface area contributed by atoms with Crippen molar-refractivity contribution >= 4 is 11.9 Å². The van der Waals surface area contributed by atoms with Gasteiger partial charge in [-0.2, -0.15) is 0 Å². The molecule has 0 saturated heterocycles. The summed E-state index contributed by atoms with van der Waals surface area (Å²) in [6.45, 7) is 5.83. The number of amides is 1. The fourth-order valence-electron chi connectivity index (χ4n) is 2.28. The highest BCUT2D eigenvalue weighted by Gasteiger charge is 2.20. The molecule has 0 fully saturated rings. The Morgan fingerprint density at radius 2 is 1.92 bits per heavy atom. The van der Waals surface area contributed by atoms with Gasteiger partial charge in [0, 0.05) is 5.56 Å². The van der Waals surface area contributed by atoms with E-state index in [-0.39, 0.29) is 5.91 Å². The Hall–Kier alpha value is -2.83. The fraction of sp³-hybridized carbons (Fsp3) is 0.389. The zero-order valence-corrected chi connectivity index (χ0v) is 14.8. The van der Waals surface area contributed by atoms with Crippen LogP contribution in [0.4, 0.5) is 0 Å². The Morgan fingerprint density at radius 3 is 2.44 bits per heavy atom. The second-order valence-corrected chi connectivity index (χ2v) is 5.57. The minimum absolute atomic E-state index is 0.338. The van der Waals surface area contributed by atoms with E-state index < -0.39 is 12.0 Å². The Bertz CT molecular complexity index is 717. The molecule has 7 heteroatoms. The van der Waals surface area contributed by atoms with E-state index in [4.69, 9.17) is 9.26 Å². The summed E-state index contributed by atoms with van der Waals surface area (Å²) < 4.78 is 15.4. The van der Waals surface area contributed by atoms with Crippen LogP contribution in [-0.2, 0) is 16.1 Å². The highest BCUT2D eigenvalue weighted by Crippen LogP contribution is 2.18. The van der Waals surface area contributed by atoms with Crippen LogP contribution >= 0.6 is 0 Å². The van der Waals surface area contributed by atoms with Crippen LogP contribution in [0.3, 0.4) is 0 Å². The van der Waals surface area contributed by atoms with Crippen LogP contribution in [0.25, 0.3) is 0 Å². The molecule has 1 atom stereocenters. The van der Waals surface area contributed by atoms with Gasteiger partial charge in [0.15, 0.2) is 0 Å². The summed E-state index contributed by atoms with van der Waals surface area (Å²) in [5, 5.41) is 6.52. The summed E-state index contributed by atoms with van der Waals surface area (Å²) in [4.78, 5) is 23.7. The van der Waals surface area contributed by atoms with Gasteiger partial charge in [-0.05, 0) is 44.5 Å². The topological polar surface area (TPSA) is 90.7 Å². The van der Waals surface area contributed by atoms with Crippen LogP contribution in [0.2, 0.25) is 0 Å². The molecule has 1 amide bonds. The van der Waals surface area contributed by atoms with E-state index in [1.165, 1.54) is 7.11 Å². The molecular formula is C18H22N2O5. The first kappa shape index (κ1) is 18.5. The first-order valence-electron chi connectivity index (χ1n) is 7.99. The number of benzene rings is 1. The van der Waals surface area contributed by atoms with Crippen molar-refractivity contribution in [1.29, 1.82) is 0 Å². The van der Waals surface area contributed by atoms with E-state index in [2.05, 4.69) is 15.2 Å². The molecule has 1 aromatic carbocycles. The fourth-order valence-corrected chi connectivity index (χ4v) is 2.28. The molecule has 0 aliphatic heterocycles. The number of esters is 1. The van der Waals surface area contributed by atoms with E-state index in [0.717, 1.165) is 17.0 Å². The Morgan fingerprint density at radius 1 is 1.24 bits per heavy atom. The molecular weight excluding hydrogens is 324 g/mol. The maximum atomic E-state index is 12.2. The number of aryl methyl sites for hydroxylation is 2. The van der Waals surface area contributed by atoms with Gasteiger partial charge in [-0.25, -0.2) is 4.79 Å². The van der Waals surface area contributed by atoms with Crippen molar-refractivity contribution in [2.45, 2.75) is 39.8 Å². The van der Waals surface area contributed by atoms with Crippen LogP contribution in [0, 0.1) is 13.8 Å². The van der Waals surface area contributed by atoms with Crippen molar-refractivity contribution < 1.29 is 23.6 Å². The van der Waals surface area contributed by atoms with E-state index >= 15 is 0 Å². The zero-order valence-electron chi connectivity index (χ0n) is 14.8. The number of aromatic nitrogens is 1. The molecule has 0 saturated carbocycles. The first-order chi connectivity index (χ1) is 12.0. The number of hydrogen-bond acceptors (Lipinski definition) is 6. The maximum absolute atomic E-state index is 12.2. The van der Waals surface area contributed by atoms with Crippen LogP contribution in [0.1, 0.15) is 40.7 Å². The van der Waals surface area contributed by atoms with Crippen molar-refractivity contribution in [2.75, 3.05) is 7.11 Å². The molecule has 0 aliphatic rings. The third-order valence-electron chi connectivity index (χ3n) is 3.88. The summed E-state index contributed by atoms with van der Waals surface area (Å²) >= 11 is 0. The number of ether oxygens (including phenoxy) is 2. The van der Waals surface area contributed by atoms with Crippen molar-refractivity contribution in [2.24, 2.45) is 0 Å². The Kier molecular flexibility index (Phi) is 6.16. The standard InChI is InChI=1S/C18H22N2O5/c1-5-16(18(22)23-4)19-17(21)13-6-8-14(9-7-13)24-10-15-11(2)20-25-12(15)3/h6-9,16H,5,10H2,1-4H3,(H,19,21). The molecule has 0 spiro atoms. The number of carbonyl (C=O) groups excluding carboxylic acids is 2. The average Bonchev–Trinajstić information content (AvgIpc) is 2.95. The summed E-state index contributed by atoms with van der Waals surface area (Å²) in [5.74, 6) is 0.545. The van der Waals surface area contributed by atoms with Gasteiger partial charge in [0.05, 0.1) is 18.4 Å². The summed E-state index contributed by atoms with van der Waals surface area (Å²) in [6.07, 6.45) is 0.455. The van der Waals surface area contributed by atoms with Crippen molar-refractivity contribution in [3.05, 3.63) is 46.8 Å². The molecule has 7 nitrogen and oxygen atoms in total. The van der Waals surface area contributed by atoms with Crippen LogP contribution in [-0.4, -0.2) is 30.2 Å².